The van der Waals surface area contributed by atoms with Crippen molar-refractivity contribution in [3.63, 3.8) is 0 Å². The number of benzene rings is 1. The highest BCUT2D eigenvalue weighted by Crippen LogP contribution is 2.66. The molecule has 0 unspecified atom stereocenters. The number of amides is 1. The van der Waals surface area contributed by atoms with Crippen molar-refractivity contribution < 1.29 is 9.18 Å². The molecule has 2 fully saturated rings. The first-order valence-electron chi connectivity index (χ1n) is 7.20. The van der Waals surface area contributed by atoms with E-state index in [0.717, 1.165) is 18.4 Å². The molecule has 0 spiro atoms. The maximum Gasteiger partial charge on any atom is 0.244 e. The van der Waals surface area contributed by atoms with Gasteiger partial charge in [0.2, 0.25) is 5.91 Å². The first-order chi connectivity index (χ1) is 9.61. The highest BCUT2D eigenvalue weighted by atomic mass is 19.1. The van der Waals surface area contributed by atoms with Gasteiger partial charge in [-0.3, -0.25) is 4.79 Å². The van der Waals surface area contributed by atoms with Crippen molar-refractivity contribution in [2.45, 2.75) is 32.6 Å². The second kappa shape index (κ2) is 5.00. The summed E-state index contributed by atoms with van der Waals surface area (Å²) in [4.78, 5) is 12.1. The molecule has 0 heterocycles. The molecule has 3 nitrogen and oxygen atoms in total. The van der Waals surface area contributed by atoms with E-state index in [0.29, 0.717) is 5.92 Å². The van der Waals surface area contributed by atoms with Gasteiger partial charge in [-0.25, -0.2) is 9.82 Å². The summed E-state index contributed by atoms with van der Waals surface area (Å²) in [6.07, 6.45) is 6.33. The second-order valence-corrected chi connectivity index (χ2v) is 6.12. The van der Waals surface area contributed by atoms with Crippen molar-refractivity contribution in [3.8, 4) is 0 Å². The molecule has 0 bridgehead atoms. The lowest BCUT2D eigenvalue weighted by Gasteiger charge is -2.15. The molecule has 2 aliphatic rings. The molecular weight excluding hydrogens is 255 g/mol. The number of halogens is 1. The molecule has 1 aromatic carbocycles. The zero-order chi connectivity index (χ0) is 14.2. The molecule has 0 aliphatic heterocycles. The molecule has 0 radical (unpaired) electrons. The van der Waals surface area contributed by atoms with Crippen molar-refractivity contribution in [1.82, 2.24) is 5.43 Å². The fourth-order valence-corrected chi connectivity index (χ4v) is 3.64. The lowest BCUT2D eigenvalue weighted by atomic mass is 9.90. The van der Waals surface area contributed by atoms with Crippen LogP contribution in [0.5, 0.6) is 0 Å². The molecule has 1 amide bonds. The Balaban J connectivity index is 1.56. The van der Waals surface area contributed by atoms with Crippen molar-refractivity contribution in [2.24, 2.45) is 22.4 Å². The van der Waals surface area contributed by atoms with Gasteiger partial charge in [-0.1, -0.05) is 31.9 Å². The quantitative estimate of drug-likeness (QED) is 0.668. The van der Waals surface area contributed by atoms with Crippen molar-refractivity contribution >= 4 is 12.1 Å². The third kappa shape index (κ3) is 2.35. The van der Waals surface area contributed by atoms with Gasteiger partial charge < -0.3 is 0 Å². The van der Waals surface area contributed by atoms with Crippen LogP contribution < -0.4 is 5.43 Å². The molecule has 2 saturated carbocycles. The minimum Gasteiger partial charge on any atom is -0.273 e. The molecule has 1 N–H and O–H groups in total. The van der Waals surface area contributed by atoms with Crippen LogP contribution in [0.25, 0.3) is 0 Å². The SMILES string of the molecule is C[C@]12CCCC[C@@H]1[C@H]2C(=O)N/N=C/c1ccc(F)cc1. The Kier molecular flexibility index (Phi) is 3.32. The summed E-state index contributed by atoms with van der Waals surface area (Å²) in [7, 11) is 0. The maximum atomic E-state index is 12.7. The van der Waals surface area contributed by atoms with Gasteiger partial charge in [-0.15, -0.1) is 0 Å². The van der Waals surface area contributed by atoms with Gasteiger partial charge in [-0.2, -0.15) is 5.10 Å². The summed E-state index contributed by atoms with van der Waals surface area (Å²) in [6.45, 7) is 2.21. The average Bonchev–Trinajstić information content (AvgIpc) is 3.06. The normalized spacial score (nSPS) is 31.9. The number of carbonyl (C=O) groups excluding carboxylic acids is 1. The van der Waals surface area contributed by atoms with Crippen LogP contribution in [0.15, 0.2) is 29.4 Å². The van der Waals surface area contributed by atoms with E-state index in [1.807, 2.05) is 0 Å². The lowest BCUT2D eigenvalue weighted by Crippen LogP contribution is -2.22. The zero-order valence-corrected chi connectivity index (χ0v) is 11.6. The van der Waals surface area contributed by atoms with Crippen molar-refractivity contribution in [3.05, 3.63) is 35.6 Å². The van der Waals surface area contributed by atoms with E-state index < -0.39 is 0 Å². The van der Waals surface area contributed by atoms with Crippen LogP contribution in [-0.4, -0.2) is 12.1 Å². The topological polar surface area (TPSA) is 41.5 Å². The van der Waals surface area contributed by atoms with E-state index in [4.69, 9.17) is 0 Å². The van der Waals surface area contributed by atoms with Gasteiger partial charge in [0.05, 0.1) is 6.21 Å². The van der Waals surface area contributed by atoms with Gasteiger partial charge in [0.15, 0.2) is 0 Å². The number of nitrogens with zero attached hydrogens (tertiary/aromatic N) is 1. The van der Waals surface area contributed by atoms with E-state index in [2.05, 4.69) is 17.5 Å². The molecule has 3 atom stereocenters. The molecule has 20 heavy (non-hydrogen) atoms. The standard InChI is InChI=1S/C16H19FN2O/c1-16-9-3-2-4-13(16)14(16)15(20)19-18-10-11-5-7-12(17)8-6-11/h5-8,10,13-14H,2-4,9H2,1H3,(H,19,20)/b18-10+/t13-,14+,16+/m1/s1. The number of nitrogens with one attached hydrogen (secondary N) is 1. The van der Waals surface area contributed by atoms with Crippen LogP contribution in [0, 0.1) is 23.1 Å². The van der Waals surface area contributed by atoms with E-state index in [1.54, 1.807) is 18.3 Å². The third-order valence-electron chi connectivity index (χ3n) is 4.87. The van der Waals surface area contributed by atoms with Crippen molar-refractivity contribution in [2.75, 3.05) is 0 Å². The number of hydrazone groups is 1. The number of hydrogen-bond acceptors (Lipinski definition) is 2. The van der Waals surface area contributed by atoms with E-state index in [9.17, 15) is 9.18 Å². The minimum absolute atomic E-state index is 0.0257. The smallest absolute Gasteiger partial charge is 0.244 e. The third-order valence-corrected chi connectivity index (χ3v) is 4.87. The fraction of sp³-hybridized carbons (Fsp3) is 0.500. The second-order valence-electron chi connectivity index (χ2n) is 6.12. The molecule has 1 aromatic rings. The monoisotopic (exact) mass is 274 g/mol. The number of fused-ring (bicyclic) bond motifs is 1. The summed E-state index contributed by atoms with van der Waals surface area (Å²) in [5, 5.41) is 3.97. The summed E-state index contributed by atoms with van der Waals surface area (Å²) in [5.41, 5.74) is 3.60. The van der Waals surface area contributed by atoms with Crippen LogP contribution in [0.1, 0.15) is 38.2 Å². The predicted molar refractivity (Wildman–Crippen MR) is 75.7 cm³/mol. The Morgan fingerprint density at radius 3 is 2.80 bits per heavy atom. The summed E-state index contributed by atoms with van der Waals surface area (Å²) < 4.78 is 12.7. The molecular formula is C16H19FN2O. The molecule has 4 heteroatoms. The van der Waals surface area contributed by atoms with E-state index in [-0.39, 0.29) is 23.1 Å². The highest BCUT2D eigenvalue weighted by molar-refractivity contribution is 5.85. The number of carbonyl (C=O) groups is 1. The van der Waals surface area contributed by atoms with Crippen molar-refractivity contribution in [1.29, 1.82) is 0 Å². The maximum absolute atomic E-state index is 12.7. The number of rotatable bonds is 3. The molecule has 3 rings (SSSR count). The zero-order valence-electron chi connectivity index (χ0n) is 11.6. The first-order valence-corrected chi connectivity index (χ1v) is 7.20. The average molecular weight is 274 g/mol. The Bertz CT molecular complexity index is 540. The summed E-state index contributed by atoms with van der Waals surface area (Å²) in [6, 6.07) is 6.01. The molecule has 0 aromatic heterocycles. The molecule has 0 saturated heterocycles. The number of hydrogen-bond donors (Lipinski definition) is 1. The first kappa shape index (κ1) is 13.3. The highest BCUT2D eigenvalue weighted by Gasteiger charge is 2.64. The van der Waals surface area contributed by atoms with Crippen LogP contribution in [-0.2, 0) is 4.79 Å². The Labute approximate surface area is 118 Å². The molecule has 2 aliphatic carbocycles. The van der Waals surface area contributed by atoms with E-state index >= 15 is 0 Å². The van der Waals surface area contributed by atoms with Gasteiger partial charge in [0.25, 0.3) is 0 Å². The lowest BCUT2D eigenvalue weighted by molar-refractivity contribution is -0.123. The van der Waals surface area contributed by atoms with Gasteiger partial charge in [0, 0.05) is 5.92 Å². The molecule has 106 valence electrons. The predicted octanol–water partition coefficient (Wildman–Crippen LogP) is 3.10. The van der Waals surface area contributed by atoms with Crippen LogP contribution >= 0.6 is 0 Å². The summed E-state index contributed by atoms with van der Waals surface area (Å²) >= 11 is 0. The fourth-order valence-electron chi connectivity index (χ4n) is 3.64. The van der Waals surface area contributed by atoms with E-state index in [1.165, 1.54) is 25.0 Å². The van der Waals surface area contributed by atoms with Crippen LogP contribution in [0.4, 0.5) is 4.39 Å². The Morgan fingerprint density at radius 1 is 1.40 bits per heavy atom. The van der Waals surface area contributed by atoms with Gasteiger partial charge in [0.1, 0.15) is 5.82 Å². The summed E-state index contributed by atoms with van der Waals surface area (Å²) in [5.74, 6) is 0.409. The van der Waals surface area contributed by atoms with Crippen LogP contribution in [0.3, 0.4) is 0 Å². The largest absolute Gasteiger partial charge is 0.273 e. The minimum atomic E-state index is -0.277. The Hall–Kier alpha value is -1.71. The van der Waals surface area contributed by atoms with Gasteiger partial charge in [-0.05, 0) is 41.9 Å². The van der Waals surface area contributed by atoms with Gasteiger partial charge >= 0.3 is 0 Å². The van der Waals surface area contributed by atoms with Crippen LogP contribution in [0.2, 0.25) is 0 Å². The Morgan fingerprint density at radius 2 is 2.15 bits per heavy atom.